The van der Waals surface area contributed by atoms with Crippen molar-refractivity contribution in [3.05, 3.63) is 125 Å². The van der Waals surface area contributed by atoms with Gasteiger partial charge < -0.3 is 35.3 Å². The maximum absolute atomic E-state index is 14.8. The van der Waals surface area contributed by atoms with Gasteiger partial charge in [-0.05, 0) is 71.4 Å². The summed E-state index contributed by atoms with van der Waals surface area (Å²) < 4.78 is 26.6. The van der Waals surface area contributed by atoms with Crippen molar-refractivity contribution in [3.63, 3.8) is 0 Å². The van der Waals surface area contributed by atoms with E-state index in [1.807, 2.05) is 78.9 Å². The van der Waals surface area contributed by atoms with Crippen LogP contribution in [-0.4, -0.2) is 74.4 Å². The van der Waals surface area contributed by atoms with E-state index in [0.717, 1.165) is 47.2 Å². The molecule has 0 aliphatic carbocycles. The number of carbonyl (C=O) groups is 2. The molecular weight excluding hydrogens is 621 g/mol. The molecule has 2 amide bonds. The van der Waals surface area contributed by atoms with Gasteiger partial charge in [-0.25, -0.2) is 9.18 Å². The van der Waals surface area contributed by atoms with Gasteiger partial charge in [0.2, 0.25) is 0 Å². The van der Waals surface area contributed by atoms with Gasteiger partial charge in [0, 0.05) is 61.0 Å². The second-order valence-corrected chi connectivity index (χ2v) is 12.5. The van der Waals surface area contributed by atoms with E-state index in [1.54, 1.807) is 11.0 Å². The molecule has 252 valence electrons. The quantitative estimate of drug-likeness (QED) is 0.163. The number of halogens is 1. The Morgan fingerprint density at radius 1 is 0.898 bits per heavy atom. The summed E-state index contributed by atoms with van der Waals surface area (Å²) in [6.45, 7) is 4.03. The van der Waals surface area contributed by atoms with Gasteiger partial charge in [0.05, 0.1) is 13.2 Å². The third-order valence-electron chi connectivity index (χ3n) is 9.49. The normalized spacial score (nSPS) is 18.5. The second kappa shape index (κ2) is 14.5. The molecule has 0 spiro atoms. The Balaban J connectivity index is 1.27. The van der Waals surface area contributed by atoms with Crippen molar-refractivity contribution >= 4 is 22.9 Å². The molecule has 2 aliphatic rings. The number of hydrogen-bond acceptors (Lipinski definition) is 6. The molecule has 2 fully saturated rings. The minimum atomic E-state index is -0.762. The first-order valence-electron chi connectivity index (χ1n) is 16.8. The number of H-pyrrole nitrogens is 1. The zero-order chi connectivity index (χ0) is 33.7. The summed E-state index contributed by atoms with van der Waals surface area (Å²) in [7, 11) is 1.53. The number of nitrogens with one attached hydrogen (secondary N) is 4. The highest BCUT2D eigenvalue weighted by Crippen LogP contribution is 2.35. The van der Waals surface area contributed by atoms with Crippen LogP contribution in [0.25, 0.3) is 22.0 Å². The summed E-state index contributed by atoms with van der Waals surface area (Å²) in [4.78, 5) is 32.9. The van der Waals surface area contributed by atoms with E-state index in [9.17, 15) is 14.0 Å². The fourth-order valence-corrected chi connectivity index (χ4v) is 6.92. The van der Waals surface area contributed by atoms with Gasteiger partial charge in [-0.1, -0.05) is 60.7 Å². The van der Waals surface area contributed by atoms with E-state index in [-0.39, 0.29) is 24.0 Å². The average molecular weight is 662 g/mol. The Hall–Kier alpha value is -5.19. The Labute approximate surface area is 284 Å². The SMILES string of the molecule is COc1ccc(F)cc1C(NC(=O)c1cc(C2CNCCC2OC(=O)N2CCNCC2)ccc1-c1ccccc1)c1cc2ccccc2[nH]1. The number of nitrogens with zero attached hydrogens (tertiary/aromatic N) is 1. The van der Waals surface area contributed by atoms with E-state index in [1.165, 1.54) is 19.2 Å². The van der Waals surface area contributed by atoms with E-state index < -0.39 is 11.9 Å². The van der Waals surface area contributed by atoms with Gasteiger partial charge >= 0.3 is 6.09 Å². The highest BCUT2D eigenvalue weighted by atomic mass is 19.1. The number of methoxy groups -OCH3 is 1. The minimum Gasteiger partial charge on any atom is -0.496 e. The molecule has 49 heavy (non-hydrogen) atoms. The molecule has 3 heterocycles. The van der Waals surface area contributed by atoms with Crippen molar-refractivity contribution in [2.45, 2.75) is 24.5 Å². The number of piperidine rings is 1. The molecule has 4 N–H and O–H groups in total. The number of aromatic nitrogens is 1. The number of piperazine rings is 1. The molecule has 9 nitrogen and oxygen atoms in total. The van der Waals surface area contributed by atoms with Crippen LogP contribution in [0.5, 0.6) is 5.75 Å². The second-order valence-electron chi connectivity index (χ2n) is 12.5. The van der Waals surface area contributed by atoms with Crippen LogP contribution in [-0.2, 0) is 4.74 Å². The lowest BCUT2D eigenvalue weighted by molar-refractivity contribution is 0.0360. The summed E-state index contributed by atoms with van der Waals surface area (Å²) in [5, 5.41) is 10.9. The zero-order valence-electron chi connectivity index (χ0n) is 27.4. The van der Waals surface area contributed by atoms with Crippen molar-refractivity contribution < 1.29 is 23.5 Å². The average Bonchev–Trinajstić information content (AvgIpc) is 3.58. The topological polar surface area (TPSA) is 108 Å². The summed E-state index contributed by atoms with van der Waals surface area (Å²) in [5.41, 5.74) is 5.04. The third-order valence-corrected chi connectivity index (χ3v) is 9.49. The van der Waals surface area contributed by atoms with Gasteiger partial charge in [-0.3, -0.25) is 4.79 Å². The summed E-state index contributed by atoms with van der Waals surface area (Å²) in [5.74, 6) is -0.493. The maximum Gasteiger partial charge on any atom is 0.410 e. The molecule has 2 aliphatic heterocycles. The standard InChI is InChI=1S/C39H40FN5O4/c1-48-35-14-12-28(40)23-31(35)37(34-22-27-9-5-6-10-33(27)43-34)44-38(46)30-21-26(11-13-29(30)25-7-3-2-4-8-25)32-24-42-16-15-36(32)49-39(47)45-19-17-41-18-20-45/h2-14,21-23,32,36-37,41-43H,15-20,24H2,1H3,(H,44,46). The van der Waals surface area contributed by atoms with Crippen LogP contribution >= 0.6 is 0 Å². The first kappa shape index (κ1) is 32.4. The lowest BCUT2D eigenvalue weighted by atomic mass is 9.86. The smallest absolute Gasteiger partial charge is 0.410 e. The summed E-state index contributed by atoms with van der Waals surface area (Å²) in [6, 6.07) is 29.0. The van der Waals surface area contributed by atoms with Gasteiger partial charge in [0.15, 0.2) is 0 Å². The molecule has 10 heteroatoms. The maximum atomic E-state index is 14.8. The number of carbonyl (C=O) groups excluding carboxylic acids is 2. The van der Waals surface area contributed by atoms with Crippen LogP contribution in [0.1, 0.15) is 45.6 Å². The van der Waals surface area contributed by atoms with Gasteiger partial charge in [-0.15, -0.1) is 0 Å². The van der Waals surface area contributed by atoms with Gasteiger partial charge in [0.25, 0.3) is 5.91 Å². The number of benzene rings is 4. The molecular formula is C39H40FN5O4. The minimum absolute atomic E-state index is 0.162. The van der Waals surface area contributed by atoms with Crippen molar-refractivity contribution in [2.24, 2.45) is 0 Å². The van der Waals surface area contributed by atoms with Crippen LogP contribution in [0.4, 0.5) is 9.18 Å². The fourth-order valence-electron chi connectivity index (χ4n) is 6.92. The van der Waals surface area contributed by atoms with E-state index in [0.29, 0.717) is 48.6 Å². The first-order valence-corrected chi connectivity index (χ1v) is 16.8. The van der Waals surface area contributed by atoms with Crippen molar-refractivity contribution in [1.29, 1.82) is 0 Å². The monoisotopic (exact) mass is 661 g/mol. The Morgan fingerprint density at radius 3 is 2.49 bits per heavy atom. The Morgan fingerprint density at radius 2 is 1.69 bits per heavy atom. The van der Waals surface area contributed by atoms with Crippen molar-refractivity contribution in [2.75, 3.05) is 46.4 Å². The Kier molecular flexibility index (Phi) is 9.58. The molecule has 7 rings (SSSR count). The lowest BCUT2D eigenvalue weighted by Gasteiger charge is -2.35. The number of aromatic amines is 1. The van der Waals surface area contributed by atoms with E-state index >= 15 is 0 Å². The fraction of sp³-hybridized carbons (Fsp3) is 0.282. The largest absolute Gasteiger partial charge is 0.496 e. The van der Waals surface area contributed by atoms with Crippen LogP contribution < -0.4 is 20.7 Å². The number of hydrogen-bond donors (Lipinski definition) is 4. The number of ether oxygens (including phenoxy) is 2. The number of fused-ring (bicyclic) bond motifs is 1. The highest BCUT2D eigenvalue weighted by molar-refractivity contribution is 6.01. The highest BCUT2D eigenvalue weighted by Gasteiger charge is 2.33. The van der Waals surface area contributed by atoms with Crippen LogP contribution in [0.2, 0.25) is 0 Å². The molecule has 3 unspecified atom stereocenters. The van der Waals surface area contributed by atoms with Gasteiger partial charge in [0.1, 0.15) is 17.7 Å². The van der Waals surface area contributed by atoms with Crippen molar-refractivity contribution in [3.8, 4) is 16.9 Å². The zero-order valence-corrected chi connectivity index (χ0v) is 27.4. The van der Waals surface area contributed by atoms with E-state index in [4.69, 9.17) is 9.47 Å². The van der Waals surface area contributed by atoms with Crippen LogP contribution in [0.3, 0.4) is 0 Å². The van der Waals surface area contributed by atoms with E-state index in [2.05, 4.69) is 20.9 Å². The number of para-hydroxylation sites is 1. The molecule has 2 saturated heterocycles. The number of amides is 2. The van der Waals surface area contributed by atoms with Crippen LogP contribution in [0.15, 0.2) is 97.1 Å². The lowest BCUT2D eigenvalue weighted by Crippen LogP contribution is -2.49. The number of rotatable bonds is 8. The molecule has 5 aromatic rings. The van der Waals surface area contributed by atoms with Crippen LogP contribution in [0, 0.1) is 5.82 Å². The predicted octanol–water partition coefficient (Wildman–Crippen LogP) is 5.99. The predicted molar refractivity (Wildman–Crippen MR) is 187 cm³/mol. The molecule has 0 radical (unpaired) electrons. The molecule has 1 aromatic heterocycles. The molecule has 3 atom stereocenters. The first-order chi connectivity index (χ1) is 24.0. The molecule has 4 aromatic carbocycles. The van der Waals surface area contributed by atoms with Crippen molar-refractivity contribution in [1.82, 2.24) is 25.8 Å². The summed E-state index contributed by atoms with van der Waals surface area (Å²) >= 11 is 0. The van der Waals surface area contributed by atoms with Gasteiger partial charge in [-0.2, -0.15) is 0 Å². The summed E-state index contributed by atoms with van der Waals surface area (Å²) in [6.07, 6.45) is 0.00648. The Bertz CT molecular complexity index is 1910. The third kappa shape index (κ3) is 7.02. The molecule has 0 saturated carbocycles. The molecule has 0 bridgehead atoms.